The summed E-state index contributed by atoms with van der Waals surface area (Å²) in [5, 5.41) is 2.81. The Morgan fingerprint density at radius 2 is 2.00 bits per heavy atom. The molecule has 1 unspecified atom stereocenters. The molecule has 1 N–H and O–H groups in total. The second-order valence-electron chi connectivity index (χ2n) is 2.87. The number of hydrogen-bond donors (Lipinski definition) is 1. The molecule has 0 rings (SSSR count). The summed E-state index contributed by atoms with van der Waals surface area (Å²) in [6.45, 7) is 0.448. The molecule has 0 saturated carbocycles. The zero-order valence-corrected chi connectivity index (χ0v) is 8.36. The van der Waals surface area contributed by atoms with Crippen LogP contribution in [0.15, 0.2) is 0 Å². The van der Waals surface area contributed by atoms with Gasteiger partial charge in [-0.15, -0.1) is 0 Å². The van der Waals surface area contributed by atoms with E-state index in [-0.39, 0.29) is 12.7 Å². The lowest BCUT2D eigenvalue weighted by atomic mass is 10.3. The summed E-state index contributed by atoms with van der Waals surface area (Å²) in [5.41, 5.74) is 0. The maximum atomic E-state index is 11.8. The van der Waals surface area contributed by atoms with Crippen molar-refractivity contribution < 1.29 is 22.6 Å². The zero-order valence-electron chi connectivity index (χ0n) is 8.36. The number of hydrogen-bond acceptors (Lipinski definition) is 3. The van der Waals surface area contributed by atoms with Crippen LogP contribution >= 0.6 is 0 Å². The first-order valence-electron chi connectivity index (χ1n) is 4.31. The van der Waals surface area contributed by atoms with Crippen molar-refractivity contribution in [3.8, 4) is 0 Å². The number of alkyl halides is 3. The highest BCUT2D eigenvalue weighted by Gasteiger charge is 2.27. The number of nitrogens with one attached hydrogen (secondary N) is 1. The van der Waals surface area contributed by atoms with Gasteiger partial charge >= 0.3 is 6.18 Å². The molecular formula is C8H16F3NO2. The van der Waals surface area contributed by atoms with E-state index in [2.05, 4.69) is 5.32 Å². The third kappa shape index (κ3) is 8.28. The van der Waals surface area contributed by atoms with E-state index < -0.39 is 12.6 Å². The number of methoxy groups -OCH3 is 1. The monoisotopic (exact) mass is 215 g/mol. The van der Waals surface area contributed by atoms with Crippen molar-refractivity contribution in [1.29, 1.82) is 0 Å². The topological polar surface area (TPSA) is 30.5 Å². The third-order valence-electron chi connectivity index (χ3n) is 1.52. The molecule has 0 aliphatic heterocycles. The normalized spacial score (nSPS) is 14.4. The van der Waals surface area contributed by atoms with Crippen molar-refractivity contribution in [3.63, 3.8) is 0 Å². The lowest BCUT2D eigenvalue weighted by Gasteiger charge is -2.17. The van der Waals surface area contributed by atoms with Crippen LogP contribution in [0.25, 0.3) is 0 Å². The van der Waals surface area contributed by atoms with Crippen molar-refractivity contribution in [2.45, 2.75) is 18.7 Å². The van der Waals surface area contributed by atoms with E-state index in [4.69, 9.17) is 9.47 Å². The van der Waals surface area contributed by atoms with Crippen molar-refractivity contribution in [2.75, 3.05) is 33.9 Å². The summed E-state index contributed by atoms with van der Waals surface area (Å²) >= 11 is 0. The Balaban J connectivity index is 3.60. The average Bonchev–Trinajstić information content (AvgIpc) is 2.02. The van der Waals surface area contributed by atoms with Crippen molar-refractivity contribution in [1.82, 2.24) is 5.32 Å². The second-order valence-corrected chi connectivity index (χ2v) is 2.87. The van der Waals surface area contributed by atoms with Crippen LogP contribution in [0.4, 0.5) is 13.2 Å². The van der Waals surface area contributed by atoms with Gasteiger partial charge in [-0.2, -0.15) is 13.2 Å². The van der Waals surface area contributed by atoms with Crippen LogP contribution < -0.4 is 5.32 Å². The van der Waals surface area contributed by atoms with E-state index >= 15 is 0 Å². The van der Waals surface area contributed by atoms with E-state index in [0.717, 1.165) is 0 Å². The van der Waals surface area contributed by atoms with Crippen molar-refractivity contribution in [3.05, 3.63) is 0 Å². The SMILES string of the molecule is CNCC(COC)OCCC(F)(F)F. The van der Waals surface area contributed by atoms with Crippen LogP contribution in [-0.4, -0.2) is 46.2 Å². The fraction of sp³-hybridized carbons (Fsp3) is 1.00. The summed E-state index contributed by atoms with van der Waals surface area (Å²) in [7, 11) is 3.19. The molecular weight excluding hydrogens is 199 g/mol. The van der Waals surface area contributed by atoms with E-state index in [1.165, 1.54) is 7.11 Å². The first-order valence-corrected chi connectivity index (χ1v) is 4.31. The molecule has 0 heterocycles. The highest BCUT2D eigenvalue weighted by atomic mass is 19.4. The number of ether oxygens (including phenoxy) is 2. The second kappa shape index (κ2) is 7.03. The maximum Gasteiger partial charge on any atom is 0.391 e. The molecule has 0 aromatic rings. The summed E-state index contributed by atoms with van der Waals surface area (Å²) in [5.74, 6) is 0. The van der Waals surface area contributed by atoms with Crippen LogP contribution in [-0.2, 0) is 9.47 Å². The predicted octanol–water partition coefficient (Wildman–Crippen LogP) is 1.19. The van der Waals surface area contributed by atoms with Gasteiger partial charge in [0, 0.05) is 13.7 Å². The fourth-order valence-corrected chi connectivity index (χ4v) is 0.921. The van der Waals surface area contributed by atoms with Gasteiger partial charge in [-0.25, -0.2) is 0 Å². The largest absolute Gasteiger partial charge is 0.391 e. The summed E-state index contributed by atoms with van der Waals surface area (Å²) in [6.07, 6.45) is -5.40. The van der Waals surface area contributed by atoms with Crippen LogP contribution in [0.1, 0.15) is 6.42 Å². The molecule has 0 aromatic heterocycles. The molecule has 0 aliphatic carbocycles. The molecule has 0 saturated heterocycles. The van der Waals surface area contributed by atoms with Crippen LogP contribution in [0.3, 0.4) is 0 Å². The van der Waals surface area contributed by atoms with Gasteiger partial charge < -0.3 is 14.8 Å². The summed E-state index contributed by atoms with van der Waals surface area (Å²) in [4.78, 5) is 0. The Hall–Kier alpha value is -0.330. The molecule has 14 heavy (non-hydrogen) atoms. The average molecular weight is 215 g/mol. The molecule has 0 amide bonds. The molecule has 0 aliphatic rings. The smallest absolute Gasteiger partial charge is 0.382 e. The summed E-state index contributed by atoms with van der Waals surface area (Å²) in [6, 6.07) is 0. The highest BCUT2D eigenvalue weighted by molar-refractivity contribution is 4.59. The van der Waals surface area contributed by atoms with Crippen LogP contribution in [0.2, 0.25) is 0 Å². The van der Waals surface area contributed by atoms with Crippen LogP contribution in [0, 0.1) is 0 Å². The van der Waals surface area contributed by atoms with Gasteiger partial charge in [0.15, 0.2) is 0 Å². The molecule has 0 aromatic carbocycles. The van der Waals surface area contributed by atoms with Gasteiger partial charge in [0.05, 0.1) is 25.7 Å². The van der Waals surface area contributed by atoms with E-state index in [9.17, 15) is 13.2 Å². The predicted molar refractivity (Wildman–Crippen MR) is 46.2 cm³/mol. The Bertz CT molecular complexity index is 135. The first-order chi connectivity index (χ1) is 6.49. The Morgan fingerprint density at radius 1 is 1.36 bits per heavy atom. The molecule has 0 spiro atoms. The van der Waals surface area contributed by atoms with Gasteiger partial charge in [0.1, 0.15) is 0 Å². The third-order valence-corrected chi connectivity index (χ3v) is 1.52. The minimum atomic E-state index is -4.16. The quantitative estimate of drug-likeness (QED) is 0.692. The molecule has 86 valence electrons. The molecule has 0 bridgehead atoms. The lowest BCUT2D eigenvalue weighted by Crippen LogP contribution is -2.31. The van der Waals surface area contributed by atoms with Gasteiger partial charge in [-0.3, -0.25) is 0 Å². The van der Waals surface area contributed by atoms with Gasteiger partial charge in [0.25, 0.3) is 0 Å². The number of rotatable bonds is 7. The van der Waals surface area contributed by atoms with E-state index in [0.29, 0.717) is 13.2 Å². The molecule has 0 fully saturated rings. The molecule has 3 nitrogen and oxygen atoms in total. The van der Waals surface area contributed by atoms with Gasteiger partial charge in [-0.05, 0) is 7.05 Å². The Labute approximate surface area is 81.6 Å². The Kier molecular flexibility index (Phi) is 6.86. The fourth-order valence-electron chi connectivity index (χ4n) is 0.921. The van der Waals surface area contributed by atoms with Gasteiger partial charge in [0.2, 0.25) is 0 Å². The zero-order chi connectivity index (χ0) is 11.0. The molecule has 0 radical (unpaired) electrons. The number of halogens is 3. The standard InChI is InChI=1S/C8H16F3NO2/c1-12-5-7(6-13-2)14-4-3-8(9,10)11/h7,12H,3-6H2,1-2H3. The highest BCUT2D eigenvalue weighted by Crippen LogP contribution is 2.19. The van der Waals surface area contributed by atoms with Crippen LogP contribution in [0.5, 0.6) is 0 Å². The Morgan fingerprint density at radius 3 is 2.43 bits per heavy atom. The van der Waals surface area contributed by atoms with Gasteiger partial charge in [-0.1, -0.05) is 0 Å². The minimum Gasteiger partial charge on any atom is -0.382 e. The maximum absolute atomic E-state index is 11.8. The number of likely N-dealkylation sites (N-methyl/N-ethyl adjacent to an activating group) is 1. The summed E-state index contributed by atoms with van der Waals surface area (Å²) < 4.78 is 45.0. The minimum absolute atomic E-state index is 0.290. The lowest BCUT2D eigenvalue weighted by molar-refractivity contribution is -0.150. The molecule has 6 heteroatoms. The van der Waals surface area contributed by atoms with Crippen molar-refractivity contribution >= 4 is 0 Å². The van der Waals surface area contributed by atoms with Crippen molar-refractivity contribution in [2.24, 2.45) is 0 Å². The van der Waals surface area contributed by atoms with E-state index in [1.54, 1.807) is 7.05 Å². The first kappa shape index (κ1) is 13.7. The molecule has 1 atom stereocenters. The van der Waals surface area contributed by atoms with E-state index in [1.807, 2.05) is 0 Å².